The van der Waals surface area contributed by atoms with E-state index in [1.807, 2.05) is 54.7 Å². The van der Waals surface area contributed by atoms with Gasteiger partial charge in [0.2, 0.25) is 0 Å². The molecule has 6 heteroatoms. The summed E-state index contributed by atoms with van der Waals surface area (Å²) >= 11 is 7.95. The second kappa shape index (κ2) is 8.97. The minimum atomic E-state index is -0.409. The van der Waals surface area contributed by atoms with Crippen LogP contribution in [0.2, 0.25) is 5.02 Å². The fourth-order valence-electron chi connectivity index (χ4n) is 3.79. The Morgan fingerprint density at radius 3 is 2.62 bits per heavy atom. The number of carbonyl (C=O) groups excluding carboxylic acids is 1. The van der Waals surface area contributed by atoms with E-state index in [0.717, 1.165) is 39.2 Å². The highest BCUT2D eigenvalue weighted by Gasteiger charge is 2.17. The molecular formula is C23H24ClN3OS. The number of anilines is 1. The Kier molecular flexibility index (Phi) is 6.16. The average Bonchev–Trinajstić information content (AvgIpc) is 3.18. The first kappa shape index (κ1) is 19.9. The van der Waals surface area contributed by atoms with Crippen LogP contribution in [0.3, 0.4) is 0 Å². The fourth-order valence-corrected chi connectivity index (χ4v) is 4.99. The van der Waals surface area contributed by atoms with Crippen molar-refractivity contribution in [3.8, 4) is 5.69 Å². The van der Waals surface area contributed by atoms with Gasteiger partial charge in [0.15, 0.2) is 0 Å². The van der Waals surface area contributed by atoms with Crippen molar-refractivity contribution in [3.05, 3.63) is 71.4 Å². The number of nitrogens with zero attached hydrogens (tertiary/aromatic N) is 1. The van der Waals surface area contributed by atoms with E-state index in [1.54, 1.807) is 11.8 Å². The van der Waals surface area contributed by atoms with E-state index in [-0.39, 0.29) is 0 Å². The summed E-state index contributed by atoms with van der Waals surface area (Å²) in [5, 5.41) is 5.35. The zero-order chi connectivity index (χ0) is 20.2. The van der Waals surface area contributed by atoms with Crippen LogP contribution in [0.15, 0.2) is 70.7 Å². The molecule has 4 rings (SSSR count). The van der Waals surface area contributed by atoms with E-state index in [0.29, 0.717) is 11.6 Å². The molecule has 150 valence electrons. The summed E-state index contributed by atoms with van der Waals surface area (Å²) in [6.45, 7) is 0. The molecule has 29 heavy (non-hydrogen) atoms. The number of primary amides is 1. The molecule has 2 aromatic carbocycles. The predicted molar refractivity (Wildman–Crippen MR) is 120 cm³/mol. The van der Waals surface area contributed by atoms with Crippen molar-refractivity contribution in [1.82, 2.24) is 4.57 Å². The van der Waals surface area contributed by atoms with Crippen LogP contribution in [0.25, 0.3) is 5.69 Å². The van der Waals surface area contributed by atoms with Crippen LogP contribution in [0.1, 0.15) is 42.5 Å². The van der Waals surface area contributed by atoms with Gasteiger partial charge in [-0.05, 0) is 55.3 Å². The Morgan fingerprint density at radius 2 is 1.86 bits per heavy atom. The van der Waals surface area contributed by atoms with Gasteiger partial charge in [0.25, 0.3) is 5.91 Å². The van der Waals surface area contributed by atoms with Crippen molar-refractivity contribution in [2.75, 3.05) is 5.32 Å². The first-order chi connectivity index (χ1) is 14.1. The standard InChI is InChI=1S/C23H24ClN3OS/c24-19-9-4-5-10-21(19)29-22-11-6-14-27(22)17-12-13-18(23(25)28)20(15-17)26-16-7-2-1-3-8-16/h4-6,9-16,26H,1-3,7-8H2,(H2,25,28). The number of benzene rings is 2. The molecule has 1 aromatic heterocycles. The number of halogens is 1. The lowest BCUT2D eigenvalue weighted by Crippen LogP contribution is -2.24. The maximum Gasteiger partial charge on any atom is 0.250 e. The maximum atomic E-state index is 12.0. The van der Waals surface area contributed by atoms with E-state index in [4.69, 9.17) is 17.3 Å². The van der Waals surface area contributed by atoms with Crippen LogP contribution in [-0.4, -0.2) is 16.5 Å². The van der Waals surface area contributed by atoms with Gasteiger partial charge in [-0.3, -0.25) is 4.79 Å². The van der Waals surface area contributed by atoms with Crippen LogP contribution in [0.4, 0.5) is 5.69 Å². The second-order valence-electron chi connectivity index (χ2n) is 7.32. The molecular weight excluding hydrogens is 402 g/mol. The highest BCUT2D eigenvalue weighted by atomic mass is 35.5. The quantitative estimate of drug-likeness (QED) is 0.499. The van der Waals surface area contributed by atoms with E-state index in [2.05, 4.69) is 16.0 Å². The molecule has 1 aliphatic rings. The third-order valence-corrected chi connectivity index (χ3v) is 6.83. The number of aromatic nitrogens is 1. The molecule has 0 radical (unpaired) electrons. The highest BCUT2D eigenvalue weighted by Crippen LogP contribution is 2.35. The molecule has 0 saturated heterocycles. The number of carbonyl (C=O) groups is 1. The molecule has 1 saturated carbocycles. The number of nitrogens with two attached hydrogens (primary N) is 1. The molecule has 4 nitrogen and oxygen atoms in total. The molecule has 3 aromatic rings. The Labute approximate surface area is 180 Å². The maximum absolute atomic E-state index is 12.0. The van der Waals surface area contributed by atoms with Gasteiger partial charge in [-0.1, -0.05) is 54.8 Å². The van der Waals surface area contributed by atoms with E-state index >= 15 is 0 Å². The Bertz CT molecular complexity index is 1010. The highest BCUT2D eigenvalue weighted by molar-refractivity contribution is 7.99. The van der Waals surface area contributed by atoms with Gasteiger partial charge >= 0.3 is 0 Å². The van der Waals surface area contributed by atoms with Gasteiger partial charge in [-0.15, -0.1) is 0 Å². The summed E-state index contributed by atoms with van der Waals surface area (Å²) < 4.78 is 2.10. The summed E-state index contributed by atoms with van der Waals surface area (Å²) in [4.78, 5) is 13.0. The van der Waals surface area contributed by atoms with Crippen LogP contribution in [-0.2, 0) is 0 Å². The van der Waals surface area contributed by atoms with Crippen LogP contribution < -0.4 is 11.1 Å². The van der Waals surface area contributed by atoms with Crippen molar-refractivity contribution in [3.63, 3.8) is 0 Å². The number of amides is 1. The third-order valence-electron chi connectivity index (χ3n) is 5.27. The molecule has 1 amide bonds. The summed E-state index contributed by atoms with van der Waals surface area (Å²) in [6.07, 6.45) is 7.99. The number of hydrogen-bond donors (Lipinski definition) is 2. The van der Waals surface area contributed by atoms with Gasteiger partial charge in [0, 0.05) is 28.5 Å². The summed E-state index contributed by atoms with van der Waals surface area (Å²) in [7, 11) is 0. The summed E-state index contributed by atoms with van der Waals surface area (Å²) in [6, 6.07) is 18.0. The smallest absolute Gasteiger partial charge is 0.250 e. The molecule has 0 aliphatic heterocycles. The number of rotatable bonds is 6. The van der Waals surface area contributed by atoms with E-state index in [9.17, 15) is 4.79 Å². The van der Waals surface area contributed by atoms with Crippen molar-refractivity contribution in [2.45, 2.75) is 48.1 Å². The number of nitrogens with one attached hydrogen (secondary N) is 1. The van der Waals surface area contributed by atoms with Crippen LogP contribution in [0.5, 0.6) is 0 Å². The molecule has 0 unspecified atom stereocenters. The normalized spacial score (nSPS) is 14.7. The average molecular weight is 426 g/mol. The molecule has 1 heterocycles. The first-order valence-electron chi connectivity index (χ1n) is 9.92. The Balaban J connectivity index is 1.65. The van der Waals surface area contributed by atoms with Gasteiger partial charge in [0.05, 0.1) is 15.6 Å². The van der Waals surface area contributed by atoms with Crippen molar-refractivity contribution < 1.29 is 4.79 Å². The Hall–Kier alpha value is -2.37. The molecule has 0 bridgehead atoms. The lowest BCUT2D eigenvalue weighted by molar-refractivity contribution is 0.100. The van der Waals surface area contributed by atoms with Crippen molar-refractivity contribution >= 4 is 35.0 Å². The molecule has 1 aliphatic carbocycles. The molecule has 1 fully saturated rings. The molecule has 3 N–H and O–H groups in total. The van der Waals surface area contributed by atoms with Gasteiger partial charge in [-0.2, -0.15) is 0 Å². The summed E-state index contributed by atoms with van der Waals surface area (Å²) in [5.41, 5.74) is 7.96. The van der Waals surface area contributed by atoms with Crippen LogP contribution >= 0.6 is 23.4 Å². The first-order valence-corrected chi connectivity index (χ1v) is 11.1. The number of hydrogen-bond acceptors (Lipinski definition) is 3. The summed E-state index contributed by atoms with van der Waals surface area (Å²) in [5.74, 6) is -0.409. The minimum Gasteiger partial charge on any atom is -0.382 e. The van der Waals surface area contributed by atoms with Gasteiger partial charge in [-0.25, -0.2) is 0 Å². The molecule has 0 spiro atoms. The fraction of sp³-hybridized carbons (Fsp3) is 0.261. The zero-order valence-corrected chi connectivity index (χ0v) is 17.7. The zero-order valence-electron chi connectivity index (χ0n) is 16.1. The van der Waals surface area contributed by atoms with Gasteiger partial charge < -0.3 is 15.6 Å². The largest absolute Gasteiger partial charge is 0.382 e. The third kappa shape index (κ3) is 4.62. The minimum absolute atomic E-state index is 0.388. The van der Waals surface area contributed by atoms with Crippen molar-refractivity contribution in [1.29, 1.82) is 0 Å². The van der Waals surface area contributed by atoms with E-state index < -0.39 is 5.91 Å². The lowest BCUT2D eigenvalue weighted by atomic mass is 9.95. The van der Waals surface area contributed by atoms with Crippen LogP contribution in [0, 0.1) is 0 Å². The lowest BCUT2D eigenvalue weighted by Gasteiger charge is -2.25. The molecule has 0 atom stereocenters. The topological polar surface area (TPSA) is 60.1 Å². The monoisotopic (exact) mass is 425 g/mol. The predicted octanol–water partition coefficient (Wildman–Crippen LogP) is 6.13. The van der Waals surface area contributed by atoms with Crippen molar-refractivity contribution in [2.24, 2.45) is 5.73 Å². The SMILES string of the molecule is NC(=O)c1ccc(-n2cccc2Sc2ccccc2Cl)cc1NC1CCCCC1. The van der Waals surface area contributed by atoms with E-state index in [1.165, 1.54) is 19.3 Å². The second-order valence-corrected chi connectivity index (χ2v) is 8.79. The Morgan fingerprint density at radius 1 is 1.07 bits per heavy atom. The van der Waals surface area contributed by atoms with Gasteiger partial charge in [0.1, 0.15) is 0 Å².